The zero-order chi connectivity index (χ0) is 25.4. The Bertz CT molecular complexity index is 1400. The van der Waals surface area contributed by atoms with Crippen LogP contribution in [0.4, 0.5) is 4.39 Å². The summed E-state index contributed by atoms with van der Waals surface area (Å²) in [5, 5.41) is 0. The van der Waals surface area contributed by atoms with Crippen molar-refractivity contribution >= 4 is 0 Å². The van der Waals surface area contributed by atoms with Crippen LogP contribution in [-0.4, -0.2) is 0 Å². The molecule has 0 amide bonds. The molecule has 0 nitrogen and oxygen atoms in total. The molecule has 0 heterocycles. The van der Waals surface area contributed by atoms with E-state index in [1.165, 1.54) is 55.6 Å². The standard InChI is InChI=1S/C34H37F/c1-9-10-30-21(3)18-33(26(8)25(30)7)31-16-15-29(19-34(31)35)27-11-13-28(14-12-27)32-17-20(2)22(4)23(5)24(32)6/h11-19H,9-10H2,1-8H3. The van der Waals surface area contributed by atoms with Crippen LogP contribution in [0.1, 0.15) is 57.9 Å². The molecule has 0 aliphatic carbocycles. The van der Waals surface area contributed by atoms with Crippen LogP contribution in [0.5, 0.6) is 0 Å². The zero-order valence-corrected chi connectivity index (χ0v) is 22.5. The van der Waals surface area contributed by atoms with E-state index in [-0.39, 0.29) is 5.82 Å². The lowest BCUT2D eigenvalue weighted by atomic mass is 9.87. The van der Waals surface area contributed by atoms with Crippen molar-refractivity contribution in [3.05, 3.63) is 105 Å². The Labute approximate surface area is 210 Å². The van der Waals surface area contributed by atoms with Gasteiger partial charge in [-0.25, -0.2) is 4.39 Å². The summed E-state index contributed by atoms with van der Waals surface area (Å²) < 4.78 is 15.4. The van der Waals surface area contributed by atoms with Crippen LogP contribution in [0.15, 0.2) is 54.6 Å². The number of hydrogen-bond donors (Lipinski definition) is 0. The quantitative estimate of drug-likeness (QED) is 0.276. The van der Waals surface area contributed by atoms with Crippen molar-refractivity contribution in [1.82, 2.24) is 0 Å². The Hall–Kier alpha value is -3.19. The average Bonchev–Trinajstić information content (AvgIpc) is 2.85. The van der Waals surface area contributed by atoms with Crippen molar-refractivity contribution in [2.45, 2.75) is 68.2 Å². The topological polar surface area (TPSA) is 0 Å². The molecule has 0 N–H and O–H groups in total. The minimum atomic E-state index is -0.169. The normalized spacial score (nSPS) is 11.2. The second-order valence-corrected chi connectivity index (χ2v) is 10.1. The molecule has 1 heteroatoms. The summed E-state index contributed by atoms with van der Waals surface area (Å²) in [6.45, 7) is 17.4. The first-order chi connectivity index (χ1) is 16.6. The molecule has 4 rings (SSSR count). The highest BCUT2D eigenvalue weighted by atomic mass is 19.1. The Morgan fingerprint density at radius 2 is 1.09 bits per heavy atom. The van der Waals surface area contributed by atoms with Crippen LogP contribution >= 0.6 is 0 Å². The van der Waals surface area contributed by atoms with Crippen LogP contribution in [0, 0.1) is 54.3 Å². The molecule has 0 aliphatic rings. The smallest absolute Gasteiger partial charge is 0.131 e. The Kier molecular flexibility index (Phi) is 6.99. The summed E-state index contributed by atoms with van der Waals surface area (Å²) in [6.07, 6.45) is 2.18. The lowest BCUT2D eigenvalue weighted by Crippen LogP contribution is -2.00. The molecule has 0 unspecified atom stereocenters. The Balaban J connectivity index is 1.69. The fourth-order valence-electron chi connectivity index (χ4n) is 5.32. The number of aryl methyl sites for hydroxylation is 2. The van der Waals surface area contributed by atoms with Crippen LogP contribution in [0.3, 0.4) is 0 Å². The minimum absolute atomic E-state index is 0.169. The van der Waals surface area contributed by atoms with Gasteiger partial charge in [0.15, 0.2) is 0 Å². The summed E-state index contributed by atoms with van der Waals surface area (Å²) in [6, 6.07) is 18.6. The molecule has 0 aliphatic heterocycles. The Morgan fingerprint density at radius 1 is 0.514 bits per heavy atom. The number of halogens is 1. The zero-order valence-electron chi connectivity index (χ0n) is 22.5. The molecular formula is C34H37F. The molecule has 180 valence electrons. The first kappa shape index (κ1) is 24.9. The van der Waals surface area contributed by atoms with Crippen molar-refractivity contribution in [2.24, 2.45) is 0 Å². The molecule has 0 bridgehead atoms. The number of rotatable bonds is 5. The predicted octanol–water partition coefficient (Wildman–Crippen LogP) is 9.94. The molecule has 0 saturated carbocycles. The van der Waals surface area contributed by atoms with Gasteiger partial charge in [-0.1, -0.05) is 61.9 Å². The highest BCUT2D eigenvalue weighted by Gasteiger charge is 2.15. The monoisotopic (exact) mass is 464 g/mol. The van der Waals surface area contributed by atoms with Gasteiger partial charge in [0, 0.05) is 5.56 Å². The summed E-state index contributed by atoms with van der Waals surface area (Å²) in [7, 11) is 0. The molecule has 0 radical (unpaired) electrons. The van der Waals surface area contributed by atoms with E-state index in [1.807, 2.05) is 12.1 Å². The van der Waals surface area contributed by atoms with Gasteiger partial charge >= 0.3 is 0 Å². The van der Waals surface area contributed by atoms with E-state index in [0.717, 1.165) is 29.5 Å². The minimum Gasteiger partial charge on any atom is -0.206 e. The summed E-state index contributed by atoms with van der Waals surface area (Å²) in [4.78, 5) is 0. The highest BCUT2D eigenvalue weighted by molar-refractivity contribution is 5.77. The van der Waals surface area contributed by atoms with Gasteiger partial charge in [0.2, 0.25) is 0 Å². The molecule has 0 saturated heterocycles. The summed E-state index contributed by atoms with van der Waals surface area (Å²) >= 11 is 0. The highest BCUT2D eigenvalue weighted by Crippen LogP contribution is 2.35. The first-order valence-corrected chi connectivity index (χ1v) is 12.7. The van der Waals surface area contributed by atoms with E-state index < -0.39 is 0 Å². The third kappa shape index (κ3) is 4.57. The first-order valence-electron chi connectivity index (χ1n) is 12.7. The maximum atomic E-state index is 15.4. The van der Waals surface area contributed by atoms with Crippen molar-refractivity contribution in [3.63, 3.8) is 0 Å². The van der Waals surface area contributed by atoms with Gasteiger partial charge in [0.25, 0.3) is 0 Å². The van der Waals surface area contributed by atoms with Crippen LogP contribution < -0.4 is 0 Å². The van der Waals surface area contributed by atoms with Gasteiger partial charge < -0.3 is 0 Å². The number of benzene rings is 4. The Morgan fingerprint density at radius 3 is 1.71 bits per heavy atom. The van der Waals surface area contributed by atoms with Crippen LogP contribution in [0.25, 0.3) is 33.4 Å². The van der Waals surface area contributed by atoms with Crippen LogP contribution in [0.2, 0.25) is 0 Å². The van der Waals surface area contributed by atoms with E-state index in [4.69, 9.17) is 0 Å². The maximum Gasteiger partial charge on any atom is 0.131 e. The molecule has 0 atom stereocenters. The van der Waals surface area contributed by atoms with Gasteiger partial charge in [-0.15, -0.1) is 0 Å². The largest absolute Gasteiger partial charge is 0.206 e. The molecular weight excluding hydrogens is 427 g/mol. The fraction of sp³-hybridized carbons (Fsp3) is 0.294. The third-order valence-corrected chi connectivity index (χ3v) is 8.03. The van der Waals surface area contributed by atoms with Crippen molar-refractivity contribution in [1.29, 1.82) is 0 Å². The van der Waals surface area contributed by atoms with E-state index >= 15 is 4.39 Å². The molecule has 4 aromatic rings. The van der Waals surface area contributed by atoms with Crippen LogP contribution in [-0.2, 0) is 6.42 Å². The summed E-state index contributed by atoms with van der Waals surface area (Å²) in [5.74, 6) is -0.169. The second kappa shape index (κ2) is 9.82. The third-order valence-electron chi connectivity index (χ3n) is 8.03. The average molecular weight is 465 g/mol. The van der Waals surface area contributed by atoms with Gasteiger partial charge in [-0.3, -0.25) is 0 Å². The maximum absolute atomic E-state index is 15.4. The number of hydrogen-bond acceptors (Lipinski definition) is 0. The summed E-state index contributed by atoms with van der Waals surface area (Å²) in [5.41, 5.74) is 16.5. The lowest BCUT2D eigenvalue weighted by molar-refractivity contribution is 0.631. The molecule has 35 heavy (non-hydrogen) atoms. The van der Waals surface area contributed by atoms with Crippen molar-refractivity contribution in [3.8, 4) is 33.4 Å². The van der Waals surface area contributed by atoms with Gasteiger partial charge in [-0.05, 0) is 133 Å². The molecule has 0 spiro atoms. The molecule has 0 aromatic heterocycles. The van der Waals surface area contributed by atoms with E-state index in [2.05, 4.69) is 91.8 Å². The SMILES string of the molecule is CCCc1c(C)cc(-c2ccc(-c3ccc(-c4cc(C)c(C)c(C)c4C)cc3)cc2F)c(C)c1C. The van der Waals surface area contributed by atoms with E-state index in [0.29, 0.717) is 5.56 Å². The van der Waals surface area contributed by atoms with Crippen molar-refractivity contribution in [2.75, 3.05) is 0 Å². The van der Waals surface area contributed by atoms with Crippen molar-refractivity contribution < 1.29 is 4.39 Å². The van der Waals surface area contributed by atoms with Gasteiger partial charge in [0.05, 0.1) is 0 Å². The fourth-order valence-corrected chi connectivity index (χ4v) is 5.32. The molecule has 4 aromatic carbocycles. The van der Waals surface area contributed by atoms with Gasteiger partial charge in [-0.2, -0.15) is 0 Å². The molecule has 0 fully saturated rings. The van der Waals surface area contributed by atoms with E-state index in [1.54, 1.807) is 6.07 Å². The van der Waals surface area contributed by atoms with E-state index in [9.17, 15) is 0 Å². The predicted molar refractivity (Wildman–Crippen MR) is 150 cm³/mol. The lowest BCUT2D eigenvalue weighted by Gasteiger charge is -2.18. The second-order valence-electron chi connectivity index (χ2n) is 10.1. The van der Waals surface area contributed by atoms with Gasteiger partial charge in [0.1, 0.15) is 5.82 Å².